The van der Waals surface area contributed by atoms with E-state index in [-0.39, 0.29) is 31.0 Å². The summed E-state index contributed by atoms with van der Waals surface area (Å²) >= 11 is 6.49. The molecule has 3 aromatic carbocycles. The minimum absolute atomic E-state index is 0.137. The number of hydrogen-bond donors (Lipinski definition) is 1. The van der Waals surface area contributed by atoms with Gasteiger partial charge in [0.15, 0.2) is 6.61 Å². The van der Waals surface area contributed by atoms with Gasteiger partial charge in [0.25, 0.3) is 5.91 Å². The maximum Gasteiger partial charge on any atom is 0.261 e. The van der Waals surface area contributed by atoms with Gasteiger partial charge in [-0.15, -0.1) is 0 Å². The molecule has 5 nitrogen and oxygen atoms in total. The third kappa shape index (κ3) is 7.36. The maximum absolute atomic E-state index is 13.7. The Labute approximate surface area is 224 Å². The van der Waals surface area contributed by atoms with E-state index < -0.39 is 6.04 Å². The summed E-state index contributed by atoms with van der Waals surface area (Å²) in [5, 5.41) is 3.78. The van der Waals surface area contributed by atoms with Gasteiger partial charge in [-0.1, -0.05) is 79.0 Å². The van der Waals surface area contributed by atoms with Crippen LogP contribution in [0.2, 0.25) is 5.02 Å². The van der Waals surface area contributed by atoms with Crippen LogP contribution in [-0.4, -0.2) is 35.4 Å². The number of ether oxygens (including phenoxy) is 1. The number of amides is 2. The standard InChI is InChI=1S/C31H35ClN2O3/c1-22-16-17-27(18-23(22)2)37-21-30(35)34(20-25-12-6-9-15-28(25)32)29(19-24-10-4-3-5-11-24)31(36)33-26-13-7-8-14-26/h3-6,9-12,15-18,26,29H,7-8,13-14,19-21H2,1-2H3,(H,33,36)/t29-/m0/s1. The number of rotatable bonds is 10. The molecule has 0 radical (unpaired) electrons. The Hall–Kier alpha value is -3.31. The van der Waals surface area contributed by atoms with Crippen molar-refractivity contribution in [3.8, 4) is 5.75 Å². The maximum atomic E-state index is 13.7. The molecule has 0 aliphatic heterocycles. The van der Waals surface area contributed by atoms with Crippen molar-refractivity contribution < 1.29 is 14.3 Å². The SMILES string of the molecule is Cc1ccc(OCC(=O)N(Cc2ccccc2Cl)[C@@H](Cc2ccccc2)C(=O)NC2CCCC2)cc1C. The van der Waals surface area contributed by atoms with Crippen LogP contribution in [-0.2, 0) is 22.6 Å². The summed E-state index contributed by atoms with van der Waals surface area (Å²) < 4.78 is 5.91. The van der Waals surface area contributed by atoms with Gasteiger partial charge in [0.2, 0.25) is 5.91 Å². The van der Waals surface area contributed by atoms with Gasteiger partial charge in [-0.2, -0.15) is 0 Å². The van der Waals surface area contributed by atoms with Crippen molar-refractivity contribution in [1.29, 1.82) is 0 Å². The molecule has 1 aliphatic carbocycles. The zero-order chi connectivity index (χ0) is 26.2. The highest BCUT2D eigenvalue weighted by Gasteiger charge is 2.32. The molecule has 3 aromatic rings. The van der Waals surface area contributed by atoms with Gasteiger partial charge in [0.05, 0.1) is 0 Å². The average molecular weight is 519 g/mol. The summed E-state index contributed by atoms with van der Waals surface area (Å²) in [6.45, 7) is 4.09. The Balaban J connectivity index is 1.62. The van der Waals surface area contributed by atoms with Crippen molar-refractivity contribution in [2.24, 2.45) is 0 Å². The van der Waals surface area contributed by atoms with Crippen LogP contribution >= 0.6 is 11.6 Å². The molecule has 37 heavy (non-hydrogen) atoms. The summed E-state index contributed by atoms with van der Waals surface area (Å²) in [7, 11) is 0. The van der Waals surface area contributed by atoms with Crippen LogP contribution in [0.3, 0.4) is 0 Å². The van der Waals surface area contributed by atoms with E-state index in [0.29, 0.717) is 17.2 Å². The molecule has 1 N–H and O–H groups in total. The largest absolute Gasteiger partial charge is 0.484 e. The fourth-order valence-corrected chi connectivity index (χ4v) is 4.96. The Bertz CT molecular complexity index is 1210. The second-order valence-corrected chi connectivity index (χ2v) is 10.3. The number of hydrogen-bond acceptors (Lipinski definition) is 3. The highest BCUT2D eigenvalue weighted by molar-refractivity contribution is 6.31. The molecular formula is C31H35ClN2O3. The quantitative estimate of drug-likeness (QED) is 0.356. The highest BCUT2D eigenvalue weighted by Crippen LogP contribution is 2.23. The number of aryl methyl sites for hydroxylation is 2. The number of carbonyl (C=O) groups is 2. The van der Waals surface area contributed by atoms with Crippen LogP contribution in [0.25, 0.3) is 0 Å². The topological polar surface area (TPSA) is 58.6 Å². The highest BCUT2D eigenvalue weighted by atomic mass is 35.5. The van der Waals surface area contributed by atoms with Gasteiger partial charge in [-0.05, 0) is 67.1 Å². The third-order valence-corrected chi connectivity index (χ3v) is 7.48. The van der Waals surface area contributed by atoms with Crippen LogP contribution in [0, 0.1) is 13.8 Å². The fourth-order valence-electron chi connectivity index (χ4n) is 4.76. The number of nitrogens with zero attached hydrogens (tertiary/aromatic N) is 1. The van der Waals surface area contributed by atoms with E-state index in [1.165, 1.54) is 0 Å². The lowest BCUT2D eigenvalue weighted by atomic mass is 10.0. The average Bonchev–Trinajstić information content (AvgIpc) is 3.41. The minimum Gasteiger partial charge on any atom is -0.484 e. The Morgan fingerprint density at radius 2 is 1.68 bits per heavy atom. The van der Waals surface area contributed by atoms with Crippen LogP contribution in [0.4, 0.5) is 0 Å². The first-order valence-electron chi connectivity index (χ1n) is 13.0. The Morgan fingerprint density at radius 3 is 2.38 bits per heavy atom. The molecule has 0 saturated heterocycles. The first-order valence-corrected chi connectivity index (χ1v) is 13.4. The fraction of sp³-hybridized carbons (Fsp3) is 0.355. The van der Waals surface area contributed by atoms with Crippen molar-refractivity contribution in [3.05, 3.63) is 100 Å². The number of nitrogens with one attached hydrogen (secondary N) is 1. The molecule has 0 bridgehead atoms. The molecule has 0 heterocycles. The lowest BCUT2D eigenvalue weighted by molar-refractivity contribution is -0.143. The molecular weight excluding hydrogens is 484 g/mol. The van der Waals surface area contributed by atoms with E-state index in [0.717, 1.165) is 47.9 Å². The van der Waals surface area contributed by atoms with E-state index in [1.54, 1.807) is 11.0 Å². The molecule has 6 heteroatoms. The predicted octanol–water partition coefficient (Wildman–Crippen LogP) is 6.03. The predicted molar refractivity (Wildman–Crippen MR) is 148 cm³/mol. The van der Waals surface area contributed by atoms with Crippen LogP contribution in [0.15, 0.2) is 72.8 Å². The lowest BCUT2D eigenvalue weighted by Gasteiger charge is -2.32. The molecule has 0 spiro atoms. The molecule has 1 saturated carbocycles. The molecule has 0 aromatic heterocycles. The van der Waals surface area contributed by atoms with Crippen LogP contribution in [0.5, 0.6) is 5.75 Å². The molecule has 2 amide bonds. The first-order chi connectivity index (χ1) is 17.9. The summed E-state index contributed by atoms with van der Waals surface area (Å²) in [6.07, 6.45) is 4.57. The molecule has 4 rings (SSSR count). The van der Waals surface area contributed by atoms with Crippen molar-refractivity contribution >= 4 is 23.4 Å². The van der Waals surface area contributed by atoms with Crippen LogP contribution in [0.1, 0.15) is 47.9 Å². The van der Waals surface area contributed by atoms with Gasteiger partial charge >= 0.3 is 0 Å². The monoisotopic (exact) mass is 518 g/mol. The van der Waals surface area contributed by atoms with Gasteiger partial charge in [-0.3, -0.25) is 9.59 Å². The second-order valence-electron chi connectivity index (χ2n) is 9.84. The Morgan fingerprint density at radius 1 is 0.973 bits per heavy atom. The van der Waals surface area contributed by atoms with E-state index >= 15 is 0 Å². The summed E-state index contributed by atoms with van der Waals surface area (Å²) in [4.78, 5) is 29.1. The third-order valence-electron chi connectivity index (χ3n) is 7.11. The van der Waals surface area contributed by atoms with Gasteiger partial charge in [0.1, 0.15) is 11.8 Å². The van der Waals surface area contributed by atoms with Crippen molar-refractivity contribution in [2.45, 2.75) is 64.6 Å². The Kier molecular flexibility index (Phi) is 9.24. The molecule has 0 unspecified atom stereocenters. The minimum atomic E-state index is -0.699. The first kappa shape index (κ1) is 26.7. The van der Waals surface area contributed by atoms with Gasteiger partial charge in [0, 0.05) is 24.0 Å². The van der Waals surface area contributed by atoms with E-state index in [1.807, 2.05) is 80.6 Å². The number of halogens is 1. The normalized spacial score (nSPS) is 14.2. The summed E-state index contributed by atoms with van der Waals surface area (Å²) in [5.41, 5.74) is 4.03. The number of benzene rings is 3. The van der Waals surface area contributed by atoms with Crippen LogP contribution < -0.4 is 10.1 Å². The van der Waals surface area contributed by atoms with Crippen molar-refractivity contribution in [1.82, 2.24) is 10.2 Å². The molecule has 1 aliphatic rings. The van der Waals surface area contributed by atoms with Gasteiger partial charge in [-0.25, -0.2) is 0 Å². The second kappa shape index (κ2) is 12.8. The number of carbonyl (C=O) groups excluding carboxylic acids is 2. The van der Waals surface area contributed by atoms with E-state index in [9.17, 15) is 9.59 Å². The zero-order valence-corrected chi connectivity index (χ0v) is 22.3. The van der Waals surface area contributed by atoms with Crippen molar-refractivity contribution in [2.75, 3.05) is 6.61 Å². The van der Waals surface area contributed by atoms with E-state index in [4.69, 9.17) is 16.3 Å². The molecule has 194 valence electrons. The zero-order valence-electron chi connectivity index (χ0n) is 21.6. The summed E-state index contributed by atoms with van der Waals surface area (Å²) in [5.74, 6) is 0.229. The smallest absolute Gasteiger partial charge is 0.261 e. The van der Waals surface area contributed by atoms with Crippen molar-refractivity contribution in [3.63, 3.8) is 0 Å². The lowest BCUT2D eigenvalue weighted by Crippen LogP contribution is -2.53. The van der Waals surface area contributed by atoms with E-state index in [2.05, 4.69) is 5.32 Å². The van der Waals surface area contributed by atoms with Gasteiger partial charge < -0.3 is 15.0 Å². The molecule has 1 fully saturated rings. The molecule has 1 atom stereocenters. The summed E-state index contributed by atoms with van der Waals surface area (Å²) in [6, 6.07) is 22.5.